The Morgan fingerprint density at radius 3 is 2.91 bits per heavy atom. The molecule has 0 radical (unpaired) electrons. The molecule has 0 spiro atoms. The van der Waals surface area contributed by atoms with Crippen LogP contribution in [0.3, 0.4) is 0 Å². The standard InChI is InChI=1S/C16H17N5O/c1-10(2)14-11-5-3-4-6-12(11)20-15(14)16(22)21-19-9-13-17-7-8-18-13/h3-10,20H,1-2H3,(H,17,18)(H,21,22)/b19-9-. The fourth-order valence-electron chi connectivity index (χ4n) is 2.50. The van der Waals surface area contributed by atoms with Gasteiger partial charge in [0.15, 0.2) is 0 Å². The quantitative estimate of drug-likeness (QED) is 0.510. The maximum absolute atomic E-state index is 12.4. The monoisotopic (exact) mass is 295 g/mol. The van der Waals surface area contributed by atoms with E-state index in [0.29, 0.717) is 11.5 Å². The number of para-hydroxylation sites is 1. The minimum Gasteiger partial charge on any atom is -0.350 e. The molecule has 0 fully saturated rings. The Morgan fingerprint density at radius 1 is 1.36 bits per heavy atom. The third-order valence-electron chi connectivity index (χ3n) is 3.42. The minimum absolute atomic E-state index is 0.228. The molecule has 0 aliphatic carbocycles. The first kappa shape index (κ1) is 14.1. The number of imidazole rings is 1. The predicted molar refractivity (Wildman–Crippen MR) is 86.0 cm³/mol. The van der Waals surface area contributed by atoms with Gasteiger partial charge in [0.25, 0.3) is 5.91 Å². The molecule has 6 nitrogen and oxygen atoms in total. The second-order valence-corrected chi connectivity index (χ2v) is 5.29. The highest BCUT2D eigenvalue weighted by atomic mass is 16.2. The number of fused-ring (bicyclic) bond motifs is 1. The van der Waals surface area contributed by atoms with Crippen molar-refractivity contribution < 1.29 is 4.79 Å². The summed E-state index contributed by atoms with van der Waals surface area (Å²) in [7, 11) is 0. The van der Waals surface area contributed by atoms with Crippen LogP contribution < -0.4 is 5.43 Å². The maximum Gasteiger partial charge on any atom is 0.288 e. The van der Waals surface area contributed by atoms with E-state index in [1.807, 2.05) is 24.3 Å². The number of amides is 1. The lowest BCUT2D eigenvalue weighted by Crippen LogP contribution is -2.20. The van der Waals surface area contributed by atoms with Crippen LogP contribution in [0.15, 0.2) is 41.8 Å². The summed E-state index contributed by atoms with van der Waals surface area (Å²) in [5.41, 5.74) is 5.03. The van der Waals surface area contributed by atoms with Gasteiger partial charge in [-0.2, -0.15) is 5.10 Å². The molecule has 0 aliphatic rings. The van der Waals surface area contributed by atoms with Crippen molar-refractivity contribution in [2.45, 2.75) is 19.8 Å². The Kier molecular flexibility index (Phi) is 3.74. The Bertz CT molecular complexity index is 814. The van der Waals surface area contributed by atoms with Gasteiger partial charge in [0.2, 0.25) is 0 Å². The van der Waals surface area contributed by atoms with Crippen molar-refractivity contribution in [2.75, 3.05) is 0 Å². The molecular weight excluding hydrogens is 278 g/mol. The van der Waals surface area contributed by atoms with E-state index in [0.717, 1.165) is 16.5 Å². The molecule has 1 aromatic carbocycles. The molecule has 0 saturated heterocycles. The summed E-state index contributed by atoms with van der Waals surface area (Å²) in [6.07, 6.45) is 4.78. The number of hydrogen-bond acceptors (Lipinski definition) is 3. The van der Waals surface area contributed by atoms with Crippen molar-refractivity contribution in [3.05, 3.63) is 53.7 Å². The number of H-pyrrole nitrogens is 2. The van der Waals surface area contributed by atoms with Crippen molar-refractivity contribution in [3.63, 3.8) is 0 Å². The highest BCUT2D eigenvalue weighted by Crippen LogP contribution is 2.28. The highest BCUT2D eigenvalue weighted by Gasteiger charge is 2.19. The number of aromatic nitrogens is 3. The van der Waals surface area contributed by atoms with E-state index < -0.39 is 0 Å². The van der Waals surface area contributed by atoms with Gasteiger partial charge < -0.3 is 9.97 Å². The number of carbonyl (C=O) groups is 1. The van der Waals surface area contributed by atoms with Crippen molar-refractivity contribution in [1.82, 2.24) is 20.4 Å². The highest BCUT2D eigenvalue weighted by molar-refractivity contribution is 6.01. The lowest BCUT2D eigenvalue weighted by molar-refractivity contribution is 0.0949. The Hall–Kier alpha value is -2.89. The fourth-order valence-corrected chi connectivity index (χ4v) is 2.50. The van der Waals surface area contributed by atoms with Gasteiger partial charge >= 0.3 is 0 Å². The van der Waals surface area contributed by atoms with Crippen molar-refractivity contribution in [1.29, 1.82) is 0 Å². The zero-order chi connectivity index (χ0) is 15.5. The molecule has 112 valence electrons. The SMILES string of the molecule is CC(C)c1c(C(=O)N/N=C\c2ncc[nH]2)[nH]c2ccccc12. The molecule has 0 bridgehead atoms. The first-order valence-corrected chi connectivity index (χ1v) is 7.10. The Morgan fingerprint density at radius 2 is 2.18 bits per heavy atom. The van der Waals surface area contributed by atoms with E-state index >= 15 is 0 Å². The summed E-state index contributed by atoms with van der Waals surface area (Å²) in [6.45, 7) is 4.14. The summed E-state index contributed by atoms with van der Waals surface area (Å²) in [5.74, 6) is 0.551. The third-order valence-corrected chi connectivity index (χ3v) is 3.42. The molecule has 0 unspecified atom stereocenters. The van der Waals surface area contributed by atoms with Crippen molar-refractivity contribution in [3.8, 4) is 0 Å². The first-order chi connectivity index (χ1) is 10.7. The van der Waals surface area contributed by atoms with Crippen LogP contribution >= 0.6 is 0 Å². The summed E-state index contributed by atoms with van der Waals surface area (Å²) >= 11 is 0. The van der Waals surface area contributed by atoms with Gasteiger partial charge in [-0.05, 0) is 17.5 Å². The molecule has 0 atom stereocenters. The summed E-state index contributed by atoms with van der Waals surface area (Å²) < 4.78 is 0. The molecule has 2 heterocycles. The molecule has 3 rings (SSSR count). The van der Waals surface area contributed by atoms with Crippen molar-refractivity contribution in [2.24, 2.45) is 5.10 Å². The first-order valence-electron chi connectivity index (χ1n) is 7.10. The van der Waals surface area contributed by atoms with Gasteiger partial charge in [-0.15, -0.1) is 0 Å². The van der Waals surface area contributed by atoms with Crippen molar-refractivity contribution >= 4 is 23.0 Å². The molecule has 6 heteroatoms. The van der Waals surface area contributed by atoms with Crippen LogP contribution in [-0.4, -0.2) is 27.1 Å². The second kappa shape index (κ2) is 5.85. The fraction of sp³-hybridized carbons (Fsp3) is 0.188. The number of benzene rings is 1. The lowest BCUT2D eigenvalue weighted by atomic mass is 9.99. The van der Waals surface area contributed by atoms with Crippen LogP contribution in [0.1, 0.15) is 41.6 Å². The van der Waals surface area contributed by atoms with E-state index in [9.17, 15) is 4.79 Å². The van der Waals surface area contributed by atoms with Crippen LogP contribution in [0.5, 0.6) is 0 Å². The van der Waals surface area contributed by atoms with Gasteiger partial charge in [-0.1, -0.05) is 32.0 Å². The van der Waals surface area contributed by atoms with E-state index in [2.05, 4.69) is 39.3 Å². The zero-order valence-corrected chi connectivity index (χ0v) is 12.4. The van der Waals surface area contributed by atoms with Crippen LogP contribution in [0.25, 0.3) is 10.9 Å². The van der Waals surface area contributed by atoms with Crippen LogP contribution in [0, 0.1) is 0 Å². The second-order valence-electron chi connectivity index (χ2n) is 5.29. The van der Waals surface area contributed by atoms with E-state index in [-0.39, 0.29) is 11.8 Å². The molecule has 0 aliphatic heterocycles. The van der Waals surface area contributed by atoms with Crippen LogP contribution in [0.4, 0.5) is 0 Å². The number of aromatic amines is 2. The average Bonchev–Trinajstić information content (AvgIpc) is 3.13. The molecule has 3 aromatic rings. The molecule has 0 saturated carbocycles. The average molecular weight is 295 g/mol. The largest absolute Gasteiger partial charge is 0.350 e. The summed E-state index contributed by atoms with van der Waals surface area (Å²) in [6, 6.07) is 7.90. The molecule has 2 aromatic heterocycles. The maximum atomic E-state index is 12.4. The predicted octanol–water partition coefficient (Wildman–Crippen LogP) is 2.78. The number of hydrazone groups is 1. The van der Waals surface area contributed by atoms with Crippen LogP contribution in [0.2, 0.25) is 0 Å². The molecule has 3 N–H and O–H groups in total. The van der Waals surface area contributed by atoms with Gasteiger partial charge in [-0.25, -0.2) is 10.4 Å². The van der Waals surface area contributed by atoms with E-state index in [4.69, 9.17) is 0 Å². The lowest BCUT2D eigenvalue weighted by Gasteiger charge is -2.06. The normalized spacial score (nSPS) is 11.6. The number of rotatable bonds is 4. The summed E-state index contributed by atoms with van der Waals surface area (Å²) in [5, 5.41) is 4.99. The van der Waals surface area contributed by atoms with Gasteiger partial charge in [0.05, 0.1) is 6.21 Å². The number of carbonyl (C=O) groups excluding carboxylic acids is 1. The third kappa shape index (κ3) is 2.63. The van der Waals surface area contributed by atoms with E-state index in [1.165, 1.54) is 6.21 Å². The minimum atomic E-state index is -0.261. The number of hydrogen-bond donors (Lipinski definition) is 3. The van der Waals surface area contributed by atoms with Crippen LogP contribution in [-0.2, 0) is 0 Å². The topological polar surface area (TPSA) is 85.9 Å². The smallest absolute Gasteiger partial charge is 0.288 e. The summed E-state index contributed by atoms with van der Waals surface area (Å²) in [4.78, 5) is 22.4. The number of nitrogens with zero attached hydrogens (tertiary/aromatic N) is 2. The van der Waals surface area contributed by atoms with Gasteiger partial charge in [0, 0.05) is 23.3 Å². The zero-order valence-electron chi connectivity index (χ0n) is 12.4. The molecule has 1 amide bonds. The van der Waals surface area contributed by atoms with Gasteiger partial charge in [0.1, 0.15) is 11.5 Å². The van der Waals surface area contributed by atoms with E-state index in [1.54, 1.807) is 12.4 Å². The molecular formula is C16H17N5O. The molecule has 22 heavy (non-hydrogen) atoms. The Balaban J connectivity index is 1.88. The van der Waals surface area contributed by atoms with Gasteiger partial charge in [-0.3, -0.25) is 4.79 Å². The number of nitrogens with one attached hydrogen (secondary N) is 3. The Labute approximate surface area is 127 Å².